The van der Waals surface area contributed by atoms with Gasteiger partial charge in [-0.25, -0.2) is 0 Å². The second-order valence-corrected chi connectivity index (χ2v) is 5.92. The molecule has 0 aliphatic heterocycles. The van der Waals surface area contributed by atoms with Crippen LogP contribution in [0.4, 0.5) is 5.13 Å². The zero-order chi connectivity index (χ0) is 16.7. The molecule has 1 aromatic carbocycles. The second kappa shape index (κ2) is 8.47. The van der Waals surface area contributed by atoms with Crippen molar-refractivity contribution in [3.05, 3.63) is 28.8 Å². The van der Waals surface area contributed by atoms with Crippen LogP contribution < -0.4 is 14.8 Å². The summed E-state index contributed by atoms with van der Waals surface area (Å²) < 4.78 is 10.7. The van der Waals surface area contributed by atoms with Crippen molar-refractivity contribution in [3.63, 3.8) is 0 Å². The van der Waals surface area contributed by atoms with Gasteiger partial charge < -0.3 is 9.47 Å². The third-order valence-electron chi connectivity index (χ3n) is 3.16. The molecular weight excluding hydrogens is 314 g/mol. The van der Waals surface area contributed by atoms with E-state index < -0.39 is 0 Å². The lowest BCUT2D eigenvalue weighted by molar-refractivity contribution is 0.102. The van der Waals surface area contributed by atoms with E-state index in [4.69, 9.17) is 9.47 Å². The summed E-state index contributed by atoms with van der Waals surface area (Å²) in [4.78, 5) is 12.3. The molecule has 1 N–H and O–H groups in total. The van der Waals surface area contributed by atoms with E-state index in [1.807, 2.05) is 6.92 Å². The summed E-state index contributed by atoms with van der Waals surface area (Å²) in [6.45, 7) is 4.51. The van der Waals surface area contributed by atoms with Crippen molar-refractivity contribution in [1.29, 1.82) is 0 Å². The topological polar surface area (TPSA) is 73.3 Å². The van der Waals surface area contributed by atoms with Crippen molar-refractivity contribution in [2.24, 2.45) is 0 Å². The number of anilines is 1. The number of rotatable bonds is 8. The number of carbonyl (C=O) groups excluding carboxylic acids is 1. The molecule has 23 heavy (non-hydrogen) atoms. The molecule has 0 bridgehead atoms. The Hall–Kier alpha value is -2.15. The number of unbranched alkanes of at least 4 members (excludes halogenated alkanes) is 1. The Labute approximate surface area is 139 Å². The fourth-order valence-corrected chi connectivity index (χ4v) is 2.77. The number of nitrogens with one attached hydrogen (secondary N) is 1. The first-order valence-corrected chi connectivity index (χ1v) is 8.44. The average Bonchev–Trinajstić information content (AvgIpc) is 3.00. The lowest BCUT2D eigenvalue weighted by Crippen LogP contribution is -2.12. The standard InChI is InChI=1S/C16H21N3O3S/c1-4-6-7-14-18-19-16(23-14)17-15(20)11-8-9-12(21-3)13(10-11)22-5-2/h8-10H,4-7H2,1-3H3,(H,17,19,20). The number of ether oxygens (including phenoxy) is 2. The summed E-state index contributed by atoms with van der Waals surface area (Å²) in [5, 5.41) is 12.3. The van der Waals surface area contributed by atoms with E-state index in [1.54, 1.807) is 25.3 Å². The normalized spacial score (nSPS) is 10.4. The number of benzene rings is 1. The Morgan fingerprint density at radius 1 is 1.26 bits per heavy atom. The Morgan fingerprint density at radius 3 is 2.78 bits per heavy atom. The largest absolute Gasteiger partial charge is 0.493 e. The Bertz CT molecular complexity index is 658. The highest BCUT2D eigenvalue weighted by atomic mass is 32.1. The molecule has 0 atom stereocenters. The van der Waals surface area contributed by atoms with Gasteiger partial charge in [-0.15, -0.1) is 10.2 Å². The van der Waals surface area contributed by atoms with Gasteiger partial charge in [-0.3, -0.25) is 10.1 Å². The van der Waals surface area contributed by atoms with Gasteiger partial charge >= 0.3 is 0 Å². The van der Waals surface area contributed by atoms with Crippen LogP contribution >= 0.6 is 11.3 Å². The fraction of sp³-hybridized carbons (Fsp3) is 0.438. The van der Waals surface area contributed by atoms with Crippen LogP contribution in [0, 0.1) is 0 Å². The number of aryl methyl sites for hydroxylation is 1. The minimum Gasteiger partial charge on any atom is -0.493 e. The predicted octanol–water partition coefficient (Wildman–Crippen LogP) is 3.54. The number of nitrogens with zero attached hydrogens (tertiary/aromatic N) is 2. The van der Waals surface area contributed by atoms with Crippen molar-refractivity contribution >= 4 is 22.4 Å². The van der Waals surface area contributed by atoms with Gasteiger partial charge in [0.15, 0.2) is 11.5 Å². The first-order chi connectivity index (χ1) is 11.2. The second-order valence-electron chi connectivity index (χ2n) is 4.86. The molecule has 1 heterocycles. The van der Waals surface area contributed by atoms with E-state index in [1.165, 1.54) is 11.3 Å². The van der Waals surface area contributed by atoms with Crippen LogP contribution in [0.3, 0.4) is 0 Å². The first-order valence-electron chi connectivity index (χ1n) is 7.62. The smallest absolute Gasteiger partial charge is 0.257 e. The van der Waals surface area contributed by atoms with Gasteiger partial charge in [0.25, 0.3) is 5.91 Å². The molecule has 0 saturated heterocycles. The van der Waals surface area contributed by atoms with Gasteiger partial charge in [0, 0.05) is 12.0 Å². The molecule has 1 amide bonds. The number of methoxy groups -OCH3 is 1. The highest BCUT2D eigenvalue weighted by Gasteiger charge is 2.13. The monoisotopic (exact) mass is 335 g/mol. The minimum atomic E-state index is -0.244. The highest BCUT2D eigenvalue weighted by molar-refractivity contribution is 7.15. The minimum absolute atomic E-state index is 0.244. The number of hydrogen-bond donors (Lipinski definition) is 1. The Kier molecular flexibility index (Phi) is 6.34. The summed E-state index contributed by atoms with van der Waals surface area (Å²) in [6.07, 6.45) is 3.06. The molecule has 0 radical (unpaired) electrons. The van der Waals surface area contributed by atoms with E-state index in [0.29, 0.717) is 28.8 Å². The molecule has 2 rings (SSSR count). The Balaban J connectivity index is 2.08. The molecule has 7 heteroatoms. The maximum atomic E-state index is 12.3. The number of hydrogen-bond acceptors (Lipinski definition) is 6. The first kappa shape index (κ1) is 17.2. The van der Waals surface area contributed by atoms with Crippen LogP contribution in [0.2, 0.25) is 0 Å². The van der Waals surface area contributed by atoms with Crippen molar-refractivity contribution in [1.82, 2.24) is 10.2 Å². The molecule has 0 aliphatic carbocycles. The van der Waals surface area contributed by atoms with Crippen LogP contribution in [0.1, 0.15) is 42.1 Å². The SMILES string of the molecule is CCCCc1nnc(NC(=O)c2ccc(OC)c(OCC)c2)s1. The number of aromatic nitrogens is 2. The summed E-state index contributed by atoms with van der Waals surface area (Å²) in [6, 6.07) is 5.07. The van der Waals surface area contributed by atoms with Gasteiger partial charge in [-0.05, 0) is 31.5 Å². The van der Waals surface area contributed by atoms with E-state index >= 15 is 0 Å². The summed E-state index contributed by atoms with van der Waals surface area (Å²) in [7, 11) is 1.57. The molecule has 0 unspecified atom stereocenters. The van der Waals surface area contributed by atoms with Gasteiger partial charge in [0.05, 0.1) is 13.7 Å². The quantitative estimate of drug-likeness (QED) is 0.799. The molecule has 6 nitrogen and oxygen atoms in total. The molecule has 0 fully saturated rings. The van der Waals surface area contributed by atoms with Crippen LogP contribution in [0.5, 0.6) is 11.5 Å². The third-order valence-corrected chi connectivity index (χ3v) is 4.06. The van der Waals surface area contributed by atoms with Crippen LogP contribution in [-0.4, -0.2) is 29.8 Å². The van der Waals surface area contributed by atoms with Crippen LogP contribution in [0.15, 0.2) is 18.2 Å². The van der Waals surface area contributed by atoms with Crippen molar-refractivity contribution in [3.8, 4) is 11.5 Å². The van der Waals surface area contributed by atoms with Crippen LogP contribution in [-0.2, 0) is 6.42 Å². The lowest BCUT2D eigenvalue weighted by atomic mass is 10.2. The average molecular weight is 335 g/mol. The zero-order valence-electron chi connectivity index (χ0n) is 13.6. The Morgan fingerprint density at radius 2 is 2.09 bits per heavy atom. The molecule has 0 saturated carbocycles. The van der Waals surface area contributed by atoms with Gasteiger partial charge in [0.2, 0.25) is 5.13 Å². The molecular formula is C16H21N3O3S. The van der Waals surface area contributed by atoms with E-state index in [9.17, 15) is 4.79 Å². The summed E-state index contributed by atoms with van der Waals surface area (Å²) in [5.41, 5.74) is 0.486. The van der Waals surface area contributed by atoms with Crippen molar-refractivity contribution < 1.29 is 14.3 Å². The third kappa shape index (κ3) is 4.66. The molecule has 124 valence electrons. The van der Waals surface area contributed by atoms with Crippen molar-refractivity contribution in [2.45, 2.75) is 33.1 Å². The molecule has 0 aliphatic rings. The highest BCUT2D eigenvalue weighted by Crippen LogP contribution is 2.28. The summed E-state index contributed by atoms with van der Waals surface area (Å²) >= 11 is 1.41. The fourth-order valence-electron chi connectivity index (χ4n) is 1.99. The summed E-state index contributed by atoms with van der Waals surface area (Å²) in [5.74, 6) is 0.900. The number of amides is 1. The van der Waals surface area contributed by atoms with Gasteiger partial charge in [0.1, 0.15) is 5.01 Å². The number of carbonyl (C=O) groups is 1. The van der Waals surface area contributed by atoms with E-state index in [-0.39, 0.29) is 5.91 Å². The molecule has 0 spiro atoms. The maximum Gasteiger partial charge on any atom is 0.257 e. The van der Waals surface area contributed by atoms with E-state index in [0.717, 1.165) is 24.3 Å². The molecule has 2 aromatic rings. The zero-order valence-corrected chi connectivity index (χ0v) is 14.4. The molecule has 1 aromatic heterocycles. The maximum absolute atomic E-state index is 12.3. The van der Waals surface area contributed by atoms with Gasteiger partial charge in [-0.2, -0.15) is 0 Å². The van der Waals surface area contributed by atoms with E-state index in [2.05, 4.69) is 22.4 Å². The van der Waals surface area contributed by atoms with Gasteiger partial charge in [-0.1, -0.05) is 24.7 Å². The predicted molar refractivity (Wildman–Crippen MR) is 90.6 cm³/mol. The lowest BCUT2D eigenvalue weighted by Gasteiger charge is -2.10. The van der Waals surface area contributed by atoms with Crippen LogP contribution in [0.25, 0.3) is 0 Å². The van der Waals surface area contributed by atoms with Crippen molar-refractivity contribution in [2.75, 3.05) is 19.0 Å².